The number of hydrogen-bond donors (Lipinski definition) is 2. The molecule has 0 saturated heterocycles. The van der Waals surface area contributed by atoms with Crippen molar-refractivity contribution in [2.24, 2.45) is 5.73 Å². The van der Waals surface area contributed by atoms with E-state index in [1.165, 1.54) is 7.11 Å². The zero-order valence-corrected chi connectivity index (χ0v) is 7.54. The van der Waals surface area contributed by atoms with Crippen LogP contribution in [0.25, 0.3) is 0 Å². The molecule has 0 bridgehead atoms. The van der Waals surface area contributed by atoms with E-state index in [0.717, 1.165) is 0 Å². The van der Waals surface area contributed by atoms with Crippen molar-refractivity contribution >= 4 is 11.9 Å². The second-order valence-corrected chi connectivity index (χ2v) is 2.19. The number of carbonyl (C=O) groups is 2. The van der Waals surface area contributed by atoms with Gasteiger partial charge in [0.1, 0.15) is 13.2 Å². The third-order valence-electron chi connectivity index (χ3n) is 1.15. The van der Waals surface area contributed by atoms with E-state index in [2.05, 4.69) is 10.1 Å². The number of rotatable bonds is 6. The van der Waals surface area contributed by atoms with Gasteiger partial charge in [0.15, 0.2) is 0 Å². The van der Waals surface area contributed by atoms with Crippen LogP contribution in [0.1, 0.15) is 0 Å². The van der Waals surface area contributed by atoms with Gasteiger partial charge in [-0.15, -0.1) is 0 Å². The zero-order chi connectivity index (χ0) is 10.1. The summed E-state index contributed by atoms with van der Waals surface area (Å²) >= 11 is 0. The molecule has 0 fully saturated rings. The van der Waals surface area contributed by atoms with Gasteiger partial charge in [0.05, 0.1) is 13.7 Å². The maximum absolute atomic E-state index is 10.9. The van der Waals surface area contributed by atoms with Gasteiger partial charge in [0.2, 0.25) is 5.91 Å². The summed E-state index contributed by atoms with van der Waals surface area (Å²) in [6.07, 6.45) is 0. The summed E-state index contributed by atoms with van der Waals surface area (Å²) in [7, 11) is 1.25. The fourth-order valence-electron chi connectivity index (χ4n) is 0.542. The van der Waals surface area contributed by atoms with Gasteiger partial charge >= 0.3 is 5.97 Å². The van der Waals surface area contributed by atoms with Crippen LogP contribution < -0.4 is 11.1 Å². The third-order valence-corrected chi connectivity index (χ3v) is 1.15. The second kappa shape index (κ2) is 7.51. The van der Waals surface area contributed by atoms with Gasteiger partial charge in [0.25, 0.3) is 0 Å². The highest BCUT2D eigenvalue weighted by Gasteiger charge is 2.04. The molecule has 0 aromatic rings. The van der Waals surface area contributed by atoms with Crippen LogP contribution in [0.5, 0.6) is 0 Å². The van der Waals surface area contributed by atoms with Crippen LogP contribution in [0.2, 0.25) is 0 Å². The van der Waals surface area contributed by atoms with E-state index in [1.54, 1.807) is 0 Å². The lowest BCUT2D eigenvalue weighted by molar-refractivity contribution is -0.141. The molecule has 3 N–H and O–H groups in total. The molecular formula is C7H14N2O4. The summed E-state index contributed by atoms with van der Waals surface area (Å²) in [5, 5.41) is 2.31. The Hall–Kier alpha value is -1.14. The average molecular weight is 190 g/mol. The molecule has 0 aromatic carbocycles. The number of nitrogens with one attached hydrogen (secondary N) is 1. The largest absolute Gasteiger partial charge is 0.468 e. The molecule has 13 heavy (non-hydrogen) atoms. The van der Waals surface area contributed by atoms with Crippen LogP contribution in [0.4, 0.5) is 0 Å². The van der Waals surface area contributed by atoms with Crippen molar-refractivity contribution in [2.75, 3.05) is 33.4 Å². The first-order chi connectivity index (χ1) is 6.20. The average Bonchev–Trinajstić information content (AvgIpc) is 2.14. The van der Waals surface area contributed by atoms with Gasteiger partial charge in [-0.05, 0) is 0 Å². The van der Waals surface area contributed by atoms with Crippen LogP contribution in [-0.4, -0.2) is 45.3 Å². The Bertz CT molecular complexity index is 172. The van der Waals surface area contributed by atoms with Crippen molar-refractivity contribution in [3.8, 4) is 0 Å². The molecule has 0 saturated carbocycles. The number of methoxy groups -OCH3 is 1. The van der Waals surface area contributed by atoms with E-state index in [9.17, 15) is 9.59 Å². The van der Waals surface area contributed by atoms with Crippen LogP contribution in [0.15, 0.2) is 0 Å². The predicted octanol–water partition coefficient (Wildman–Crippen LogP) is -1.75. The normalized spacial score (nSPS) is 9.38. The highest BCUT2D eigenvalue weighted by atomic mass is 16.5. The van der Waals surface area contributed by atoms with Crippen LogP contribution >= 0.6 is 0 Å². The molecular weight excluding hydrogens is 176 g/mol. The van der Waals surface area contributed by atoms with E-state index in [4.69, 9.17) is 10.5 Å². The lowest BCUT2D eigenvalue weighted by Crippen LogP contribution is -2.33. The highest BCUT2D eigenvalue weighted by molar-refractivity contribution is 5.82. The molecule has 76 valence electrons. The lowest BCUT2D eigenvalue weighted by Gasteiger charge is -2.03. The number of ether oxygens (including phenoxy) is 2. The molecule has 6 heteroatoms. The first kappa shape index (κ1) is 11.9. The van der Waals surface area contributed by atoms with Gasteiger partial charge < -0.3 is 20.5 Å². The topological polar surface area (TPSA) is 90.6 Å². The summed E-state index contributed by atoms with van der Waals surface area (Å²) < 4.78 is 9.13. The number of carbonyl (C=O) groups excluding carboxylic acids is 2. The van der Waals surface area contributed by atoms with Gasteiger partial charge in [-0.25, -0.2) is 0 Å². The van der Waals surface area contributed by atoms with Gasteiger partial charge in [-0.3, -0.25) is 9.59 Å². The lowest BCUT2D eigenvalue weighted by atomic mass is 10.5. The molecule has 0 atom stereocenters. The molecule has 0 aromatic heterocycles. The van der Waals surface area contributed by atoms with Crippen LogP contribution in [-0.2, 0) is 19.1 Å². The van der Waals surface area contributed by atoms with Crippen molar-refractivity contribution in [3.63, 3.8) is 0 Å². The second-order valence-electron chi connectivity index (χ2n) is 2.19. The Balaban J connectivity index is 3.35. The maximum Gasteiger partial charge on any atom is 0.325 e. The summed E-state index contributed by atoms with van der Waals surface area (Å²) in [4.78, 5) is 21.4. The van der Waals surface area contributed by atoms with E-state index in [0.29, 0.717) is 13.2 Å². The van der Waals surface area contributed by atoms with Gasteiger partial charge in [-0.2, -0.15) is 0 Å². The SMILES string of the molecule is COC(=O)CNC(=O)COCCN. The van der Waals surface area contributed by atoms with Crippen molar-refractivity contribution < 1.29 is 19.1 Å². The molecule has 0 aliphatic heterocycles. The minimum absolute atomic E-state index is 0.0891. The first-order valence-electron chi connectivity index (χ1n) is 3.82. The van der Waals surface area contributed by atoms with Crippen LogP contribution in [0, 0.1) is 0 Å². The molecule has 0 aliphatic rings. The Morgan fingerprint density at radius 2 is 2.15 bits per heavy atom. The monoisotopic (exact) mass is 190 g/mol. The number of hydrogen-bond acceptors (Lipinski definition) is 5. The Morgan fingerprint density at radius 3 is 2.69 bits per heavy atom. The maximum atomic E-state index is 10.9. The highest BCUT2D eigenvalue weighted by Crippen LogP contribution is 1.75. The summed E-state index contributed by atoms with van der Waals surface area (Å²) in [5.74, 6) is -0.856. The van der Waals surface area contributed by atoms with Gasteiger partial charge in [0, 0.05) is 6.54 Å². The van der Waals surface area contributed by atoms with Crippen molar-refractivity contribution in [1.82, 2.24) is 5.32 Å². The van der Waals surface area contributed by atoms with Crippen molar-refractivity contribution in [2.45, 2.75) is 0 Å². The minimum atomic E-state index is -0.493. The number of esters is 1. The standard InChI is InChI=1S/C7H14N2O4/c1-12-7(11)4-9-6(10)5-13-3-2-8/h2-5,8H2,1H3,(H,9,10). The van der Waals surface area contributed by atoms with E-state index in [1.807, 2.05) is 0 Å². The quantitative estimate of drug-likeness (QED) is 0.383. The molecule has 0 unspecified atom stereocenters. The minimum Gasteiger partial charge on any atom is -0.468 e. The summed E-state index contributed by atoms with van der Waals surface area (Å²) in [6.45, 7) is 0.464. The van der Waals surface area contributed by atoms with Gasteiger partial charge in [-0.1, -0.05) is 0 Å². The van der Waals surface area contributed by atoms with Crippen LogP contribution in [0.3, 0.4) is 0 Å². The van der Waals surface area contributed by atoms with Crippen molar-refractivity contribution in [3.05, 3.63) is 0 Å². The molecule has 0 radical (unpaired) electrons. The van der Waals surface area contributed by atoms with Crippen molar-refractivity contribution in [1.29, 1.82) is 0 Å². The molecule has 6 nitrogen and oxygen atoms in total. The predicted molar refractivity (Wildman–Crippen MR) is 44.9 cm³/mol. The van der Waals surface area contributed by atoms with E-state index in [-0.39, 0.29) is 19.1 Å². The fraction of sp³-hybridized carbons (Fsp3) is 0.714. The first-order valence-corrected chi connectivity index (χ1v) is 3.82. The molecule has 0 aliphatic carbocycles. The summed E-state index contributed by atoms with van der Waals surface area (Å²) in [6, 6.07) is 0. The fourth-order valence-corrected chi connectivity index (χ4v) is 0.542. The molecule has 0 rings (SSSR count). The summed E-state index contributed by atoms with van der Waals surface area (Å²) in [5.41, 5.74) is 5.13. The Kier molecular flexibility index (Phi) is 6.85. The Labute approximate surface area is 76.4 Å². The zero-order valence-electron chi connectivity index (χ0n) is 7.54. The molecule has 1 amide bonds. The smallest absolute Gasteiger partial charge is 0.325 e. The molecule has 0 heterocycles. The third kappa shape index (κ3) is 7.23. The van der Waals surface area contributed by atoms with E-state index < -0.39 is 5.97 Å². The Morgan fingerprint density at radius 1 is 1.46 bits per heavy atom. The number of amides is 1. The van der Waals surface area contributed by atoms with E-state index >= 15 is 0 Å². The molecule has 0 spiro atoms. The number of nitrogens with two attached hydrogens (primary N) is 1.